The molecule has 0 bridgehead atoms. The van der Waals surface area contributed by atoms with E-state index in [9.17, 15) is 9.59 Å². The summed E-state index contributed by atoms with van der Waals surface area (Å²) in [4.78, 5) is 32.4. The van der Waals surface area contributed by atoms with E-state index in [0.29, 0.717) is 12.5 Å². The first-order chi connectivity index (χ1) is 12.1. The molecule has 0 saturated carbocycles. The van der Waals surface area contributed by atoms with Crippen molar-refractivity contribution in [1.29, 1.82) is 0 Å². The van der Waals surface area contributed by atoms with E-state index in [1.165, 1.54) is 6.92 Å². The van der Waals surface area contributed by atoms with E-state index < -0.39 is 0 Å². The quantitative estimate of drug-likeness (QED) is 0.798. The lowest BCUT2D eigenvalue weighted by atomic mass is 9.94. The van der Waals surface area contributed by atoms with Gasteiger partial charge in [0, 0.05) is 50.1 Å². The molecular weight excluding hydrogens is 318 g/mol. The largest absolute Gasteiger partial charge is 0.348 e. The predicted octanol–water partition coefficient (Wildman–Crippen LogP) is 2.46. The molecule has 3 rings (SSSR count). The van der Waals surface area contributed by atoms with Crippen LogP contribution in [0, 0.1) is 0 Å². The summed E-state index contributed by atoms with van der Waals surface area (Å²) in [6, 6.07) is 7.43. The Balaban J connectivity index is 1.44. The van der Waals surface area contributed by atoms with Gasteiger partial charge in [-0.15, -0.1) is 0 Å². The first kappa shape index (κ1) is 17.0. The highest BCUT2D eigenvalue weighted by Gasteiger charge is 2.24. The number of H-pyrrole nitrogens is 1. The molecule has 1 aromatic carbocycles. The number of aromatic amines is 1. The number of nitrogens with one attached hydrogen (secondary N) is 3. The second-order valence-corrected chi connectivity index (χ2v) is 6.31. The molecule has 0 radical (unpaired) electrons. The van der Waals surface area contributed by atoms with Crippen LogP contribution in [-0.2, 0) is 11.3 Å². The van der Waals surface area contributed by atoms with E-state index in [4.69, 9.17) is 0 Å². The van der Waals surface area contributed by atoms with Crippen LogP contribution >= 0.6 is 0 Å². The van der Waals surface area contributed by atoms with E-state index in [1.54, 1.807) is 6.33 Å². The van der Waals surface area contributed by atoms with E-state index >= 15 is 0 Å². The van der Waals surface area contributed by atoms with Gasteiger partial charge in [-0.25, -0.2) is 9.78 Å². The van der Waals surface area contributed by atoms with E-state index in [-0.39, 0.29) is 11.9 Å². The average molecular weight is 341 g/mol. The van der Waals surface area contributed by atoms with Gasteiger partial charge in [-0.3, -0.25) is 4.79 Å². The Hall–Kier alpha value is -2.83. The molecule has 7 nitrogen and oxygen atoms in total. The Kier molecular flexibility index (Phi) is 5.33. The Labute approximate surface area is 146 Å². The van der Waals surface area contributed by atoms with Crippen molar-refractivity contribution in [3.8, 4) is 0 Å². The summed E-state index contributed by atoms with van der Waals surface area (Å²) in [5.74, 6) is 0.354. The van der Waals surface area contributed by atoms with Crippen molar-refractivity contribution in [3.05, 3.63) is 48.0 Å². The number of imidazole rings is 1. The van der Waals surface area contributed by atoms with E-state index in [2.05, 4.69) is 20.6 Å². The van der Waals surface area contributed by atoms with Crippen molar-refractivity contribution in [3.63, 3.8) is 0 Å². The summed E-state index contributed by atoms with van der Waals surface area (Å²) >= 11 is 0. The number of hydrogen-bond acceptors (Lipinski definition) is 3. The van der Waals surface area contributed by atoms with Gasteiger partial charge in [0.25, 0.3) is 0 Å². The van der Waals surface area contributed by atoms with Gasteiger partial charge in [-0.1, -0.05) is 12.1 Å². The van der Waals surface area contributed by atoms with Crippen LogP contribution in [-0.4, -0.2) is 39.9 Å². The number of amides is 3. The maximum absolute atomic E-state index is 12.3. The maximum atomic E-state index is 12.3. The third-order valence-corrected chi connectivity index (χ3v) is 4.46. The van der Waals surface area contributed by atoms with Gasteiger partial charge in [0.2, 0.25) is 5.91 Å². The third kappa shape index (κ3) is 4.59. The SMILES string of the molecule is CC(=O)Nc1ccc(CNC(=O)N2CCC(c3cnc[nH]3)CC2)cc1. The molecule has 1 fully saturated rings. The van der Waals surface area contributed by atoms with Crippen molar-refractivity contribution < 1.29 is 9.59 Å². The summed E-state index contributed by atoms with van der Waals surface area (Å²) in [6.45, 7) is 3.44. The number of piperidine rings is 1. The molecule has 3 N–H and O–H groups in total. The van der Waals surface area contributed by atoms with Gasteiger partial charge in [0.1, 0.15) is 0 Å². The fourth-order valence-corrected chi connectivity index (χ4v) is 3.08. The zero-order valence-electron chi connectivity index (χ0n) is 14.3. The highest BCUT2D eigenvalue weighted by molar-refractivity contribution is 5.88. The minimum Gasteiger partial charge on any atom is -0.348 e. The molecule has 25 heavy (non-hydrogen) atoms. The summed E-state index contributed by atoms with van der Waals surface area (Å²) in [6.07, 6.45) is 5.46. The lowest BCUT2D eigenvalue weighted by Gasteiger charge is -2.31. The average Bonchev–Trinajstić information content (AvgIpc) is 3.15. The summed E-state index contributed by atoms with van der Waals surface area (Å²) in [5, 5.41) is 5.68. The molecule has 1 aliphatic heterocycles. The second-order valence-electron chi connectivity index (χ2n) is 6.31. The Morgan fingerprint density at radius 3 is 2.56 bits per heavy atom. The number of nitrogens with zero attached hydrogens (tertiary/aromatic N) is 2. The second kappa shape index (κ2) is 7.83. The number of aromatic nitrogens is 2. The molecule has 2 heterocycles. The lowest BCUT2D eigenvalue weighted by molar-refractivity contribution is -0.114. The molecule has 2 aromatic rings. The monoisotopic (exact) mass is 341 g/mol. The standard InChI is InChI=1S/C18H23N5O2/c1-13(24)22-16-4-2-14(3-5-16)10-20-18(25)23-8-6-15(7-9-23)17-11-19-12-21-17/h2-5,11-12,15H,6-10H2,1H3,(H,19,21)(H,20,25)(H,22,24). The predicted molar refractivity (Wildman–Crippen MR) is 95.1 cm³/mol. The molecule has 1 saturated heterocycles. The molecule has 0 atom stereocenters. The fourth-order valence-electron chi connectivity index (χ4n) is 3.08. The Morgan fingerprint density at radius 2 is 1.96 bits per heavy atom. The van der Waals surface area contributed by atoms with Gasteiger partial charge in [-0.05, 0) is 30.5 Å². The number of carbonyl (C=O) groups is 2. The van der Waals surface area contributed by atoms with Crippen LogP contribution in [0.25, 0.3) is 0 Å². The van der Waals surface area contributed by atoms with Gasteiger partial charge >= 0.3 is 6.03 Å². The molecule has 1 aliphatic rings. The Morgan fingerprint density at radius 1 is 1.24 bits per heavy atom. The fraction of sp³-hybridized carbons (Fsp3) is 0.389. The number of anilines is 1. The minimum atomic E-state index is -0.0976. The number of benzene rings is 1. The van der Waals surface area contributed by atoms with Crippen LogP contribution in [0.5, 0.6) is 0 Å². The summed E-state index contributed by atoms with van der Waals surface area (Å²) in [7, 11) is 0. The first-order valence-electron chi connectivity index (χ1n) is 8.49. The van der Waals surface area contributed by atoms with Crippen molar-refractivity contribution in [2.24, 2.45) is 0 Å². The molecule has 132 valence electrons. The number of rotatable bonds is 4. The normalized spacial score (nSPS) is 15.0. The molecule has 3 amide bonds. The molecule has 0 unspecified atom stereocenters. The molecule has 0 aliphatic carbocycles. The Bertz CT molecular complexity index is 704. The maximum Gasteiger partial charge on any atom is 0.317 e. The van der Waals surface area contributed by atoms with Gasteiger partial charge in [0.15, 0.2) is 0 Å². The summed E-state index contributed by atoms with van der Waals surface area (Å²) < 4.78 is 0. The van der Waals surface area contributed by atoms with Crippen LogP contribution in [0.4, 0.5) is 10.5 Å². The first-order valence-corrected chi connectivity index (χ1v) is 8.49. The molecule has 7 heteroatoms. The van der Waals surface area contributed by atoms with E-state index in [1.807, 2.05) is 35.4 Å². The molecule has 0 spiro atoms. The van der Waals surface area contributed by atoms with Gasteiger partial charge in [-0.2, -0.15) is 0 Å². The van der Waals surface area contributed by atoms with Crippen LogP contribution in [0.15, 0.2) is 36.8 Å². The molecular formula is C18H23N5O2. The number of carbonyl (C=O) groups excluding carboxylic acids is 2. The van der Waals surface area contributed by atoms with Crippen LogP contribution in [0.2, 0.25) is 0 Å². The summed E-state index contributed by atoms with van der Waals surface area (Å²) in [5.41, 5.74) is 2.90. The zero-order chi connectivity index (χ0) is 17.6. The van der Waals surface area contributed by atoms with Crippen molar-refractivity contribution in [1.82, 2.24) is 20.2 Å². The number of urea groups is 1. The number of likely N-dealkylation sites (tertiary alicyclic amines) is 1. The van der Waals surface area contributed by atoms with Crippen molar-refractivity contribution >= 4 is 17.6 Å². The third-order valence-electron chi connectivity index (χ3n) is 4.46. The zero-order valence-corrected chi connectivity index (χ0v) is 14.3. The topological polar surface area (TPSA) is 90.1 Å². The van der Waals surface area contributed by atoms with Crippen molar-refractivity contribution in [2.45, 2.75) is 32.2 Å². The molecule has 1 aromatic heterocycles. The van der Waals surface area contributed by atoms with E-state index in [0.717, 1.165) is 42.9 Å². The van der Waals surface area contributed by atoms with Crippen LogP contribution in [0.3, 0.4) is 0 Å². The van der Waals surface area contributed by atoms with Crippen LogP contribution < -0.4 is 10.6 Å². The van der Waals surface area contributed by atoms with Gasteiger partial charge < -0.3 is 20.5 Å². The lowest BCUT2D eigenvalue weighted by Crippen LogP contribution is -2.43. The smallest absolute Gasteiger partial charge is 0.317 e. The highest BCUT2D eigenvalue weighted by atomic mass is 16.2. The minimum absolute atomic E-state index is 0.0333. The van der Waals surface area contributed by atoms with Crippen molar-refractivity contribution in [2.75, 3.05) is 18.4 Å². The van der Waals surface area contributed by atoms with Crippen LogP contribution in [0.1, 0.15) is 36.9 Å². The highest BCUT2D eigenvalue weighted by Crippen LogP contribution is 2.26. The van der Waals surface area contributed by atoms with Gasteiger partial charge in [0.05, 0.1) is 6.33 Å². The number of hydrogen-bond donors (Lipinski definition) is 3.